The first-order chi connectivity index (χ1) is 8.99. The fourth-order valence-electron chi connectivity index (χ4n) is 1.64. The average molecular weight is 290 g/mol. The summed E-state index contributed by atoms with van der Waals surface area (Å²) in [5, 5.41) is 7.08. The Morgan fingerprint density at radius 3 is 2.89 bits per heavy atom. The third-order valence-electron chi connectivity index (χ3n) is 2.51. The van der Waals surface area contributed by atoms with Crippen LogP contribution < -0.4 is 10.0 Å². The Balaban J connectivity index is 2.63. The summed E-state index contributed by atoms with van der Waals surface area (Å²) in [5.41, 5.74) is 0. The number of aromatic nitrogens is 2. The van der Waals surface area contributed by atoms with Gasteiger partial charge in [0.1, 0.15) is 4.90 Å². The molecule has 0 aliphatic carbocycles. The topological polar surface area (TPSA) is 85.2 Å². The van der Waals surface area contributed by atoms with Gasteiger partial charge in [0.2, 0.25) is 10.0 Å². The van der Waals surface area contributed by atoms with E-state index >= 15 is 0 Å². The van der Waals surface area contributed by atoms with E-state index in [9.17, 15) is 8.42 Å². The fourth-order valence-corrected chi connectivity index (χ4v) is 2.82. The van der Waals surface area contributed by atoms with E-state index in [2.05, 4.69) is 15.1 Å². The van der Waals surface area contributed by atoms with Crippen molar-refractivity contribution >= 4 is 10.0 Å². The van der Waals surface area contributed by atoms with Gasteiger partial charge in [0.25, 0.3) is 0 Å². The van der Waals surface area contributed by atoms with Gasteiger partial charge in [-0.15, -0.1) is 0 Å². The SMILES string of the molecule is CNCCCn1cc(S(=O)(=O)NC(C)COC)cn1. The predicted molar refractivity (Wildman–Crippen MR) is 72.4 cm³/mol. The fraction of sp³-hybridized carbons (Fsp3) is 0.727. The van der Waals surface area contributed by atoms with Gasteiger partial charge in [-0.1, -0.05) is 0 Å². The maximum atomic E-state index is 12.0. The monoisotopic (exact) mass is 290 g/mol. The number of rotatable bonds is 9. The van der Waals surface area contributed by atoms with E-state index in [0.29, 0.717) is 13.2 Å². The highest BCUT2D eigenvalue weighted by Gasteiger charge is 2.19. The van der Waals surface area contributed by atoms with Crippen molar-refractivity contribution < 1.29 is 13.2 Å². The lowest BCUT2D eigenvalue weighted by Gasteiger charge is -2.11. The molecular formula is C11H22N4O3S. The molecule has 0 radical (unpaired) electrons. The number of nitrogens with one attached hydrogen (secondary N) is 2. The number of aryl methyl sites for hydroxylation is 1. The van der Waals surface area contributed by atoms with Crippen LogP contribution in [0.2, 0.25) is 0 Å². The Bertz CT molecular complexity index is 472. The van der Waals surface area contributed by atoms with Crippen molar-refractivity contribution in [3.63, 3.8) is 0 Å². The zero-order valence-corrected chi connectivity index (χ0v) is 12.4. The molecule has 1 atom stereocenters. The molecule has 0 fully saturated rings. The second-order valence-corrected chi connectivity index (χ2v) is 6.09. The molecule has 8 heteroatoms. The van der Waals surface area contributed by atoms with E-state index in [1.165, 1.54) is 19.5 Å². The number of methoxy groups -OCH3 is 1. The number of hydrogen-bond donors (Lipinski definition) is 2. The molecule has 0 aliphatic rings. The van der Waals surface area contributed by atoms with Crippen LogP contribution in [0.1, 0.15) is 13.3 Å². The molecule has 0 aromatic carbocycles. The van der Waals surface area contributed by atoms with Crippen LogP contribution in [-0.4, -0.2) is 51.5 Å². The highest BCUT2D eigenvalue weighted by molar-refractivity contribution is 7.89. The predicted octanol–water partition coefficient (Wildman–Crippen LogP) is -0.194. The molecule has 1 aromatic rings. The second-order valence-electron chi connectivity index (χ2n) is 4.37. The van der Waals surface area contributed by atoms with Crippen LogP contribution in [-0.2, 0) is 21.3 Å². The van der Waals surface area contributed by atoms with Crippen LogP contribution in [0.25, 0.3) is 0 Å². The van der Waals surface area contributed by atoms with Crippen molar-refractivity contribution in [1.29, 1.82) is 0 Å². The van der Waals surface area contributed by atoms with Gasteiger partial charge < -0.3 is 10.1 Å². The van der Waals surface area contributed by atoms with Gasteiger partial charge in [-0.2, -0.15) is 5.10 Å². The Hall–Kier alpha value is -0.960. The summed E-state index contributed by atoms with van der Waals surface area (Å²) in [6, 6.07) is -0.275. The third kappa shape index (κ3) is 5.27. The third-order valence-corrected chi connectivity index (χ3v) is 4.05. The molecule has 7 nitrogen and oxygen atoms in total. The van der Waals surface area contributed by atoms with Crippen LogP contribution in [0, 0.1) is 0 Å². The minimum Gasteiger partial charge on any atom is -0.383 e. The van der Waals surface area contributed by atoms with Crippen molar-refractivity contribution in [2.75, 3.05) is 27.3 Å². The van der Waals surface area contributed by atoms with Crippen LogP contribution in [0.5, 0.6) is 0 Å². The minimum atomic E-state index is -3.52. The molecule has 1 heterocycles. The molecule has 0 bridgehead atoms. The van der Waals surface area contributed by atoms with Gasteiger partial charge in [-0.05, 0) is 26.9 Å². The molecule has 0 saturated heterocycles. The molecule has 0 aliphatic heterocycles. The smallest absolute Gasteiger partial charge is 0.244 e. The van der Waals surface area contributed by atoms with E-state index in [1.807, 2.05) is 7.05 Å². The largest absolute Gasteiger partial charge is 0.383 e. The summed E-state index contributed by atoms with van der Waals surface area (Å²) < 4.78 is 33.1. The standard InChI is InChI=1S/C11H22N4O3S/c1-10(9-18-3)14-19(16,17)11-7-13-15(8-11)6-4-5-12-2/h7-8,10,12,14H,4-6,9H2,1-3H3. The van der Waals surface area contributed by atoms with E-state index in [4.69, 9.17) is 4.74 Å². The van der Waals surface area contributed by atoms with Gasteiger partial charge in [0.15, 0.2) is 0 Å². The van der Waals surface area contributed by atoms with E-state index in [1.54, 1.807) is 11.6 Å². The summed E-state index contributed by atoms with van der Waals surface area (Å²) >= 11 is 0. The average Bonchev–Trinajstić information content (AvgIpc) is 2.78. The first-order valence-corrected chi connectivity index (χ1v) is 7.66. The quantitative estimate of drug-likeness (QED) is 0.616. The van der Waals surface area contributed by atoms with Crippen molar-refractivity contribution in [3.05, 3.63) is 12.4 Å². The Morgan fingerprint density at radius 2 is 2.26 bits per heavy atom. The molecule has 2 N–H and O–H groups in total. The number of sulfonamides is 1. The van der Waals surface area contributed by atoms with Crippen LogP contribution in [0.15, 0.2) is 17.3 Å². The number of nitrogens with zero attached hydrogens (tertiary/aromatic N) is 2. The lowest BCUT2D eigenvalue weighted by atomic mass is 10.4. The highest BCUT2D eigenvalue weighted by Crippen LogP contribution is 2.08. The Labute approximate surface area is 114 Å². The second kappa shape index (κ2) is 7.59. The first-order valence-electron chi connectivity index (χ1n) is 6.18. The maximum absolute atomic E-state index is 12.0. The zero-order valence-electron chi connectivity index (χ0n) is 11.6. The summed E-state index contributed by atoms with van der Waals surface area (Å²) in [5.74, 6) is 0. The Kier molecular flexibility index (Phi) is 6.43. The van der Waals surface area contributed by atoms with Gasteiger partial charge in [-0.3, -0.25) is 4.68 Å². The van der Waals surface area contributed by atoms with Crippen molar-refractivity contribution in [2.45, 2.75) is 30.8 Å². The van der Waals surface area contributed by atoms with Crippen molar-refractivity contribution in [1.82, 2.24) is 19.8 Å². The van der Waals surface area contributed by atoms with Crippen LogP contribution >= 0.6 is 0 Å². The Morgan fingerprint density at radius 1 is 1.53 bits per heavy atom. The van der Waals surface area contributed by atoms with Gasteiger partial charge >= 0.3 is 0 Å². The first kappa shape index (κ1) is 16.1. The van der Waals surface area contributed by atoms with Crippen LogP contribution in [0.4, 0.5) is 0 Å². The molecule has 110 valence electrons. The molecule has 1 aromatic heterocycles. The molecule has 0 spiro atoms. The van der Waals surface area contributed by atoms with Gasteiger partial charge in [0.05, 0.1) is 12.8 Å². The van der Waals surface area contributed by atoms with Gasteiger partial charge in [0, 0.05) is 25.9 Å². The minimum absolute atomic E-state index is 0.180. The lowest BCUT2D eigenvalue weighted by molar-refractivity contribution is 0.180. The maximum Gasteiger partial charge on any atom is 0.244 e. The molecule has 19 heavy (non-hydrogen) atoms. The normalized spacial score (nSPS) is 13.6. The molecule has 0 amide bonds. The molecule has 0 saturated carbocycles. The van der Waals surface area contributed by atoms with Gasteiger partial charge in [-0.25, -0.2) is 13.1 Å². The van der Waals surface area contributed by atoms with Crippen LogP contribution in [0.3, 0.4) is 0 Å². The van der Waals surface area contributed by atoms with Crippen molar-refractivity contribution in [3.8, 4) is 0 Å². The highest BCUT2D eigenvalue weighted by atomic mass is 32.2. The summed E-state index contributed by atoms with van der Waals surface area (Å²) in [7, 11) is -0.113. The summed E-state index contributed by atoms with van der Waals surface area (Å²) in [4.78, 5) is 0.180. The molecule has 1 rings (SSSR count). The molecular weight excluding hydrogens is 268 g/mol. The van der Waals surface area contributed by atoms with E-state index in [-0.39, 0.29) is 10.9 Å². The lowest BCUT2D eigenvalue weighted by Crippen LogP contribution is -2.35. The van der Waals surface area contributed by atoms with E-state index < -0.39 is 10.0 Å². The van der Waals surface area contributed by atoms with E-state index in [0.717, 1.165) is 13.0 Å². The van der Waals surface area contributed by atoms with Crippen molar-refractivity contribution in [2.24, 2.45) is 0 Å². The zero-order chi connectivity index (χ0) is 14.3. The molecule has 1 unspecified atom stereocenters. The number of hydrogen-bond acceptors (Lipinski definition) is 5. The number of ether oxygens (including phenoxy) is 1. The summed E-state index contributed by atoms with van der Waals surface area (Å²) in [6.45, 7) is 3.63. The summed E-state index contributed by atoms with van der Waals surface area (Å²) in [6.07, 6.45) is 3.80.